The van der Waals surface area contributed by atoms with Gasteiger partial charge in [-0.3, -0.25) is 19.2 Å². The van der Waals surface area contributed by atoms with Gasteiger partial charge >= 0.3 is 5.97 Å². The number of carboxylic acids is 1. The minimum absolute atomic E-state index is 0.0848. The quantitative estimate of drug-likeness (QED) is 0.104. The van der Waals surface area contributed by atoms with Crippen LogP contribution >= 0.6 is 0 Å². The maximum atomic E-state index is 13.2. The van der Waals surface area contributed by atoms with E-state index in [1.165, 1.54) is 0 Å². The molecule has 0 saturated heterocycles. The Hall–Kier alpha value is -4.85. The van der Waals surface area contributed by atoms with Gasteiger partial charge in [0.1, 0.15) is 18.1 Å². The molecule has 4 atom stereocenters. The van der Waals surface area contributed by atoms with Crippen LogP contribution in [0.3, 0.4) is 0 Å². The fraction of sp³-hybridized carbons (Fsp3) is 0.300. The Morgan fingerprint density at radius 2 is 1.28 bits per heavy atom. The molecule has 0 aromatic heterocycles. The molecule has 0 saturated carbocycles. The van der Waals surface area contributed by atoms with Crippen LogP contribution in [0.25, 0.3) is 10.8 Å². The van der Waals surface area contributed by atoms with Gasteiger partial charge in [-0.1, -0.05) is 72.8 Å². The Morgan fingerprint density at radius 1 is 0.651 bits per heavy atom. The molecule has 3 aromatic carbocycles. The van der Waals surface area contributed by atoms with Crippen molar-refractivity contribution in [3.05, 3.63) is 83.9 Å². The van der Waals surface area contributed by atoms with Gasteiger partial charge in [0.05, 0.1) is 25.8 Å². The van der Waals surface area contributed by atoms with E-state index >= 15 is 0 Å². The normalized spacial score (nSPS) is 13.7. The van der Waals surface area contributed by atoms with Crippen molar-refractivity contribution in [1.82, 2.24) is 21.3 Å². The maximum absolute atomic E-state index is 13.2. The molecule has 0 heterocycles. The number of benzene rings is 3. The number of nitrogens with one attached hydrogen (secondary N) is 4. The number of hydrogen-bond acceptors (Lipinski definition) is 8. The Morgan fingerprint density at radius 3 is 1.93 bits per heavy atom. The molecule has 3 rings (SSSR count). The SMILES string of the molecule is N[C@H](Cc1ccccc1)C(=O)N[C@H](Cc1ccc2ccccc2c1)C(=O)NCC(=O)N[C@H](CO)C(=O)N[C@H](CO)C(=O)O. The summed E-state index contributed by atoms with van der Waals surface area (Å²) < 4.78 is 0. The summed E-state index contributed by atoms with van der Waals surface area (Å²) in [6.07, 6.45) is 0.324. The summed E-state index contributed by atoms with van der Waals surface area (Å²) in [5, 5.41) is 38.7. The summed E-state index contributed by atoms with van der Waals surface area (Å²) in [4.78, 5) is 62.0. The van der Waals surface area contributed by atoms with Gasteiger partial charge in [0.25, 0.3) is 0 Å². The zero-order valence-electron chi connectivity index (χ0n) is 23.2. The van der Waals surface area contributed by atoms with Crippen LogP contribution in [0.5, 0.6) is 0 Å². The summed E-state index contributed by atoms with van der Waals surface area (Å²) in [6.45, 7) is -2.39. The van der Waals surface area contributed by atoms with Crippen LogP contribution in [0.2, 0.25) is 0 Å². The molecular formula is C30H35N5O8. The number of aliphatic hydroxyl groups is 2. The van der Waals surface area contributed by atoms with Crippen LogP contribution in [0.4, 0.5) is 0 Å². The third kappa shape index (κ3) is 9.88. The number of amides is 4. The van der Waals surface area contributed by atoms with Gasteiger partial charge in [-0.2, -0.15) is 0 Å². The van der Waals surface area contributed by atoms with E-state index in [0.717, 1.165) is 21.9 Å². The first-order valence-corrected chi connectivity index (χ1v) is 13.5. The van der Waals surface area contributed by atoms with Crippen LogP contribution in [-0.4, -0.2) is 88.8 Å². The average Bonchev–Trinajstić information content (AvgIpc) is 3.00. The summed E-state index contributed by atoms with van der Waals surface area (Å²) in [6, 6.07) is 17.2. The number of nitrogens with two attached hydrogens (primary N) is 1. The molecule has 0 aliphatic heterocycles. The van der Waals surface area contributed by atoms with E-state index in [1.54, 1.807) is 0 Å². The Labute approximate surface area is 247 Å². The maximum Gasteiger partial charge on any atom is 0.328 e. The molecule has 0 spiro atoms. The highest BCUT2D eigenvalue weighted by Crippen LogP contribution is 2.17. The van der Waals surface area contributed by atoms with E-state index in [9.17, 15) is 29.1 Å². The molecular weight excluding hydrogens is 558 g/mol. The summed E-state index contributed by atoms with van der Waals surface area (Å²) in [7, 11) is 0. The Balaban J connectivity index is 1.67. The standard InChI is InChI=1S/C30H35N5O8/c31-22(13-18-6-2-1-3-7-18)27(39)34-23(14-19-10-11-20-8-4-5-9-21(20)12-19)28(40)32-15-26(38)33-24(16-36)29(41)35-25(17-37)30(42)43/h1-12,22-25,36-37H,13-17,31H2,(H,32,40)(H,33,38)(H,34,39)(H,35,41)(H,42,43)/t22-,23-,24-,25-/m1/s1. The molecule has 13 nitrogen and oxygen atoms in total. The Kier molecular flexibility index (Phi) is 12.1. The van der Waals surface area contributed by atoms with E-state index in [1.807, 2.05) is 78.1 Å². The minimum Gasteiger partial charge on any atom is -0.480 e. The van der Waals surface area contributed by atoms with Crippen molar-refractivity contribution < 1.29 is 39.3 Å². The smallest absolute Gasteiger partial charge is 0.328 e. The predicted molar refractivity (Wildman–Crippen MR) is 156 cm³/mol. The van der Waals surface area contributed by atoms with Crippen molar-refractivity contribution in [3.8, 4) is 0 Å². The first-order chi connectivity index (χ1) is 20.6. The van der Waals surface area contributed by atoms with Crippen molar-refractivity contribution in [2.24, 2.45) is 5.73 Å². The van der Waals surface area contributed by atoms with Gasteiger partial charge in [-0.05, 0) is 28.3 Å². The summed E-state index contributed by atoms with van der Waals surface area (Å²) in [5.74, 6) is -4.68. The third-order valence-electron chi connectivity index (χ3n) is 6.58. The average molecular weight is 594 g/mol. The number of carbonyl (C=O) groups excluding carboxylic acids is 4. The fourth-order valence-electron chi connectivity index (χ4n) is 4.24. The number of aliphatic hydroxyl groups excluding tert-OH is 2. The zero-order chi connectivity index (χ0) is 31.4. The molecule has 0 fully saturated rings. The van der Waals surface area contributed by atoms with Crippen molar-refractivity contribution in [3.63, 3.8) is 0 Å². The van der Waals surface area contributed by atoms with Crippen molar-refractivity contribution >= 4 is 40.4 Å². The number of hydrogen-bond donors (Lipinski definition) is 8. The fourth-order valence-corrected chi connectivity index (χ4v) is 4.24. The van der Waals surface area contributed by atoms with Gasteiger partial charge in [-0.25, -0.2) is 4.79 Å². The Bertz CT molecular complexity index is 1430. The monoisotopic (exact) mass is 593 g/mol. The number of carboxylic acid groups (broad SMARTS) is 1. The number of aliphatic carboxylic acids is 1. The molecule has 4 amide bonds. The van der Waals surface area contributed by atoms with E-state index in [-0.39, 0.29) is 12.8 Å². The third-order valence-corrected chi connectivity index (χ3v) is 6.58. The molecule has 0 bridgehead atoms. The summed E-state index contributed by atoms with van der Waals surface area (Å²) in [5.41, 5.74) is 7.71. The van der Waals surface area contributed by atoms with Crippen molar-refractivity contribution in [1.29, 1.82) is 0 Å². The van der Waals surface area contributed by atoms with Gasteiger partial charge in [0.2, 0.25) is 23.6 Å². The van der Waals surface area contributed by atoms with Crippen LogP contribution < -0.4 is 27.0 Å². The van der Waals surface area contributed by atoms with Crippen LogP contribution in [0.15, 0.2) is 72.8 Å². The first-order valence-electron chi connectivity index (χ1n) is 13.5. The first kappa shape index (κ1) is 32.7. The molecule has 0 unspecified atom stereocenters. The van der Waals surface area contributed by atoms with E-state index in [0.29, 0.717) is 0 Å². The molecule has 3 aromatic rings. The molecule has 0 aliphatic rings. The van der Waals surface area contributed by atoms with Crippen LogP contribution in [0, 0.1) is 0 Å². The topological polar surface area (TPSA) is 220 Å². The van der Waals surface area contributed by atoms with E-state index < -0.39 is 73.5 Å². The minimum atomic E-state index is -1.63. The van der Waals surface area contributed by atoms with Crippen LogP contribution in [-0.2, 0) is 36.8 Å². The van der Waals surface area contributed by atoms with Crippen LogP contribution in [0.1, 0.15) is 11.1 Å². The van der Waals surface area contributed by atoms with Gasteiger partial charge in [-0.15, -0.1) is 0 Å². The highest BCUT2D eigenvalue weighted by Gasteiger charge is 2.27. The molecule has 0 aliphatic carbocycles. The lowest BCUT2D eigenvalue weighted by atomic mass is 10.00. The second-order valence-electron chi connectivity index (χ2n) is 9.85. The van der Waals surface area contributed by atoms with E-state index in [2.05, 4.69) is 16.0 Å². The lowest BCUT2D eigenvalue weighted by Crippen LogP contribution is -2.56. The number of fused-ring (bicyclic) bond motifs is 1. The zero-order valence-corrected chi connectivity index (χ0v) is 23.2. The molecule has 9 N–H and O–H groups in total. The lowest BCUT2D eigenvalue weighted by Gasteiger charge is -2.22. The predicted octanol–water partition coefficient (Wildman–Crippen LogP) is -1.41. The highest BCUT2D eigenvalue weighted by atomic mass is 16.4. The van der Waals surface area contributed by atoms with Crippen molar-refractivity contribution in [2.75, 3.05) is 19.8 Å². The molecule has 43 heavy (non-hydrogen) atoms. The van der Waals surface area contributed by atoms with E-state index in [4.69, 9.17) is 15.9 Å². The van der Waals surface area contributed by atoms with Gasteiger partial charge in [0, 0.05) is 6.42 Å². The molecule has 13 heteroatoms. The molecule has 228 valence electrons. The number of rotatable bonds is 15. The van der Waals surface area contributed by atoms with Gasteiger partial charge < -0.3 is 42.3 Å². The highest BCUT2D eigenvalue weighted by molar-refractivity contribution is 5.94. The second kappa shape index (κ2) is 16.0. The lowest BCUT2D eigenvalue weighted by molar-refractivity contribution is -0.143. The molecule has 0 radical (unpaired) electrons. The van der Waals surface area contributed by atoms with Gasteiger partial charge in [0.15, 0.2) is 0 Å². The second-order valence-corrected chi connectivity index (χ2v) is 9.85. The largest absolute Gasteiger partial charge is 0.480 e. The summed E-state index contributed by atoms with van der Waals surface area (Å²) >= 11 is 0. The van der Waals surface area contributed by atoms with Crippen molar-refractivity contribution in [2.45, 2.75) is 37.0 Å². The number of carbonyl (C=O) groups is 5.